The maximum absolute atomic E-state index is 8.81. The Hall–Kier alpha value is -1.26. The van der Waals surface area contributed by atoms with E-state index < -0.39 is 0 Å². The molecule has 1 aromatic heterocycles. The molecule has 0 radical (unpaired) electrons. The van der Waals surface area contributed by atoms with Gasteiger partial charge in [0.1, 0.15) is 5.76 Å². The van der Waals surface area contributed by atoms with Gasteiger partial charge >= 0.3 is 0 Å². The number of rotatable bonds is 5. The molecule has 2 N–H and O–H groups in total. The van der Waals surface area contributed by atoms with Gasteiger partial charge in [-0.05, 0) is 52.2 Å². The van der Waals surface area contributed by atoms with E-state index in [1.807, 2.05) is 36.4 Å². The molecule has 3 nitrogen and oxygen atoms in total. The minimum atomic E-state index is 0.188. The molecule has 4 heteroatoms. The average Bonchev–Trinajstić information content (AvgIpc) is 2.75. The predicted molar refractivity (Wildman–Crippen MR) is 71.0 cm³/mol. The second kappa shape index (κ2) is 5.89. The monoisotopic (exact) mass is 295 g/mol. The molecule has 17 heavy (non-hydrogen) atoms. The standard InChI is InChI=1S/C13H14BrNO2/c14-13-6-5-12(17-13)9-15-11-3-1-10(2-4-11)7-8-16/h1-6,15-16H,7-9H2. The number of nitrogens with one attached hydrogen (secondary N) is 1. The molecule has 0 fully saturated rings. The predicted octanol–water partition coefficient (Wildman–Crippen LogP) is 3.19. The van der Waals surface area contributed by atoms with Gasteiger partial charge in [0.05, 0.1) is 6.54 Å². The van der Waals surface area contributed by atoms with Gasteiger partial charge in [0, 0.05) is 12.3 Å². The highest BCUT2D eigenvalue weighted by atomic mass is 79.9. The highest BCUT2D eigenvalue weighted by Gasteiger charge is 1.99. The number of hydrogen-bond donors (Lipinski definition) is 2. The van der Waals surface area contributed by atoms with Crippen molar-refractivity contribution in [3.8, 4) is 0 Å². The third-order valence-electron chi connectivity index (χ3n) is 2.45. The summed E-state index contributed by atoms with van der Waals surface area (Å²) in [5, 5.41) is 12.1. The number of benzene rings is 1. The second-order valence-electron chi connectivity index (χ2n) is 3.73. The van der Waals surface area contributed by atoms with E-state index in [9.17, 15) is 0 Å². The molecular formula is C13H14BrNO2. The summed E-state index contributed by atoms with van der Waals surface area (Å²) in [5.74, 6) is 0.885. The zero-order valence-electron chi connectivity index (χ0n) is 9.32. The van der Waals surface area contributed by atoms with Crippen LogP contribution in [0.1, 0.15) is 11.3 Å². The Bertz CT molecular complexity index is 465. The van der Waals surface area contributed by atoms with Crippen LogP contribution >= 0.6 is 15.9 Å². The van der Waals surface area contributed by atoms with Crippen molar-refractivity contribution in [2.75, 3.05) is 11.9 Å². The lowest BCUT2D eigenvalue weighted by molar-refractivity contribution is 0.299. The normalized spacial score (nSPS) is 10.5. The second-order valence-corrected chi connectivity index (χ2v) is 4.51. The molecule has 90 valence electrons. The summed E-state index contributed by atoms with van der Waals surface area (Å²) < 4.78 is 6.13. The van der Waals surface area contributed by atoms with Gasteiger partial charge in [0.15, 0.2) is 4.67 Å². The first-order valence-electron chi connectivity index (χ1n) is 5.46. The lowest BCUT2D eigenvalue weighted by Gasteiger charge is -2.05. The van der Waals surface area contributed by atoms with Crippen LogP contribution in [0.5, 0.6) is 0 Å². The molecule has 0 spiro atoms. The van der Waals surface area contributed by atoms with Crippen LogP contribution in [0.2, 0.25) is 0 Å². The van der Waals surface area contributed by atoms with E-state index in [-0.39, 0.29) is 6.61 Å². The van der Waals surface area contributed by atoms with Crippen LogP contribution in [-0.2, 0) is 13.0 Å². The number of aliphatic hydroxyl groups excluding tert-OH is 1. The van der Waals surface area contributed by atoms with Gasteiger partial charge in [-0.1, -0.05) is 12.1 Å². The third kappa shape index (κ3) is 3.61. The van der Waals surface area contributed by atoms with Crippen molar-refractivity contribution in [1.82, 2.24) is 0 Å². The Morgan fingerprint density at radius 1 is 1.12 bits per heavy atom. The Labute approximate surface area is 109 Å². The molecule has 0 saturated carbocycles. The molecule has 2 rings (SSSR count). The molecule has 2 aromatic rings. The number of furan rings is 1. The van der Waals surface area contributed by atoms with Gasteiger partial charge in [-0.3, -0.25) is 0 Å². The van der Waals surface area contributed by atoms with E-state index in [2.05, 4.69) is 21.2 Å². The number of aliphatic hydroxyl groups is 1. The number of hydrogen-bond acceptors (Lipinski definition) is 3. The minimum absolute atomic E-state index is 0.188. The maximum Gasteiger partial charge on any atom is 0.169 e. The van der Waals surface area contributed by atoms with Crippen LogP contribution < -0.4 is 5.32 Å². The summed E-state index contributed by atoms with van der Waals surface area (Å²) in [6.45, 7) is 0.845. The van der Waals surface area contributed by atoms with E-state index in [4.69, 9.17) is 9.52 Å². The first-order chi connectivity index (χ1) is 8.28. The maximum atomic E-state index is 8.81. The van der Waals surface area contributed by atoms with Gasteiger partial charge in [-0.2, -0.15) is 0 Å². The van der Waals surface area contributed by atoms with Crippen molar-refractivity contribution >= 4 is 21.6 Å². The van der Waals surface area contributed by atoms with Crippen LogP contribution in [-0.4, -0.2) is 11.7 Å². The molecular weight excluding hydrogens is 282 g/mol. The first kappa shape index (κ1) is 12.2. The van der Waals surface area contributed by atoms with Crippen molar-refractivity contribution in [2.45, 2.75) is 13.0 Å². The van der Waals surface area contributed by atoms with E-state index in [0.717, 1.165) is 21.7 Å². The van der Waals surface area contributed by atoms with Crippen molar-refractivity contribution in [3.63, 3.8) is 0 Å². The molecule has 0 atom stereocenters. The van der Waals surface area contributed by atoms with Gasteiger partial charge in [0.2, 0.25) is 0 Å². The van der Waals surface area contributed by atoms with E-state index >= 15 is 0 Å². The number of anilines is 1. The highest BCUT2D eigenvalue weighted by Crippen LogP contribution is 2.16. The Morgan fingerprint density at radius 2 is 1.88 bits per heavy atom. The van der Waals surface area contributed by atoms with E-state index in [1.165, 1.54) is 0 Å². The lowest BCUT2D eigenvalue weighted by Crippen LogP contribution is -1.98. The van der Waals surface area contributed by atoms with Crippen LogP contribution in [0, 0.1) is 0 Å². The first-order valence-corrected chi connectivity index (χ1v) is 6.25. The molecule has 1 aromatic carbocycles. The summed E-state index contributed by atoms with van der Waals surface area (Å²) in [6, 6.07) is 11.8. The molecule has 1 heterocycles. The zero-order chi connectivity index (χ0) is 12.1. The van der Waals surface area contributed by atoms with Crippen LogP contribution in [0.15, 0.2) is 45.5 Å². The fourth-order valence-electron chi connectivity index (χ4n) is 1.55. The van der Waals surface area contributed by atoms with Crippen molar-refractivity contribution < 1.29 is 9.52 Å². The summed E-state index contributed by atoms with van der Waals surface area (Å²) in [4.78, 5) is 0. The molecule has 0 unspecified atom stereocenters. The Kier molecular flexibility index (Phi) is 4.23. The fourth-order valence-corrected chi connectivity index (χ4v) is 1.89. The third-order valence-corrected chi connectivity index (χ3v) is 2.88. The Morgan fingerprint density at radius 3 is 2.47 bits per heavy atom. The molecule has 0 aliphatic heterocycles. The topological polar surface area (TPSA) is 45.4 Å². The fraction of sp³-hybridized carbons (Fsp3) is 0.231. The van der Waals surface area contributed by atoms with Crippen molar-refractivity contribution in [2.24, 2.45) is 0 Å². The average molecular weight is 296 g/mol. The molecule has 0 aliphatic carbocycles. The van der Waals surface area contributed by atoms with E-state index in [0.29, 0.717) is 13.0 Å². The van der Waals surface area contributed by atoms with Crippen molar-refractivity contribution in [1.29, 1.82) is 0 Å². The smallest absolute Gasteiger partial charge is 0.169 e. The highest BCUT2D eigenvalue weighted by molar-refractivity contribution is 9.10. The summed E-state index contributed by atoms with van der Waals surface area (Å²) in [7, 11) is 0. The van der Waals surface area contributed by atoms with Gasteiger partial charge in [0.25, 0.3) is 0 Å². The van der Waals surface area contributed by atoms with Crippen LogP contribution in [0.3, 0.4) is 0 Å². The largest absolute Gasteiger partial charge is 0.452 e. The van der Waals surface area contributed by atoms with Crippen molar-refractivity contribution in [3.05, 3.63) is 52.4 Å². The van der Waals surface area contributed by atoms with E-state index in [1.54, 1.807) is 0 Å². The zero-order valence-corrected chi connectivity index (χ0v) is 10.9. The SMILES string of the molecule is OCCc1ccc(NCc2ccc(Br)o2)cc1. The molecule has 0 bridgehead atoms. The van der Waals surface area contributed by atoms with Crippen LogP contribution in [0.4, 0.5) is 5.69 Å². The summed E-state index contributed by atoms with van der Waals surface area (Å²) in [5.41, 5.74) is 2.18. The summed E-state index contributed by atoms with van der Waals surface area (Å²) >= 11 is 3.27. The summed E-state index contributed by atoms with van der Waals surface area (Å²) in [6.07, 6.45) is 0.700. The quantitative estimate of drug-likeness (QED) is 0.890. The van der Waals surface area contributed by atoms with Gasteiger partial charge < -0.3 is 14.8 Å². The minimum Gasteiger partial charge on any atom is -0.452 e. The molecule has 0 aliphatic rings. The molecule has 0 saturated heterocycles. The van der Waals surface area contributed by atoms with Crippen LogP contribution in [0.25, 0.3) is 0 Å². The molecule has 0 amide bonds. The lowest BCUT2D eigenvalue weighted by atomic mass is 10.1. The Balaban J connectivity index is 1.90. The van der Waals surface area contributed by atoms with Gasteiger partial charge in [-0.15, -0.1) is 0 Å². The van der Waals surface area contributed by atoms with Gasteiger partial charge in [-0.25, -0.2) is 0 Å². The number of halogens is 1.